The second-order valence-corrected chi connectivity index (χ2v) is 4.43. The van der Waals surface area contributed by atoms with E-state index in [0.717, 1.165) is 0 Å². The Morgan fingerprint density at radius 1 is 1.30 bits per heavy atom. The van der Waals surface area contributed by atoms with Gasteiger partial charge in [-0.15, -0.1) is 10.2 Å². The molecule has 0 bridgehead atoms. The molecule has 0 fully saturated rings. The van der Waals surface area contributed by atoms with Gasteiger partial charge in [-0.1, -0.05) is 0 Å². The van der Waals surface area contributed by atoms with Gasteiger partial charge >= 0.3 is 0 Å². The number of aromatic nitrogens is 3. The molecule has 0 spiro atoms. The molecule has 0 aliphatic rings. The third-order valence-corrected chi connectivity index (χ3v) is 3.01. The minimum absolute atomic E-state index is 0.0445. The number of nitro benzene ring substituents is 1. The van der Waals surface area contributed by atoms with E-state index in [2.05, 4.69) is 15.3 Å². The van der Waals surface area contributed by atoms with Crippen LogP contribution >= 0.6 is 0 Å². The summed E-state index contributed by atoms with van der Waals surface area (Å²) in [6.45, 7) is 0. The predicted molar refractivity (Wildman–Crippen MR) is 80.4 cm³/mol. The lowest BCUT2D eigenvalue weighted by molar-refractivity contribution is -0.384. The number of ether oxygens (including phenoxy) is 1. The van der Waals surface area contributed by atoms with Crippen molar-refractivity contribution in [2.24, 2.45) is 5.10 Å². The first-order valence-corrected chi connectivity index (χ1v) is 6.49. The molecule has 0 saturated heterocycles. The van der Waals surface area contributed by atoms with E-state index in [1.165, 1.54) is 48.9 Å². The quantitative estimate of drug-likeness (QED) is 0.406. The number of hydrogen-bond acceptors (Lipinski definition) is 7. The number of benzene rings is 1. The van der Waals surface area contributed by atoms with Gasteiger partial charge in [-0.25, -0.2) is 4.68 Å². The van der Waals surface area contributed by atoms with Crippen LogP contribution < -0.4 is 4.74 Å². The van der Waals surface area contributed by atoms with Crippen molar-refractivity contribution in [3.63, 3.8) is 0 Å². The Labute approximate surface area is 130 Å². The van der Waals surface area contributed by atoms with Gasteiger partial charge in [-0.05, 0) is 18.2 Å². The molecule has 0 saturated carbocycles. The summed E-state index contributed by atoms with van der Waals surface area (Å²) >= 11 is 0. The van der Waals surface area contributed by atoms with Crippen LogP contribution in [0.15, 0.2) is 52.5 Å². The van der Waals surface area contributed by atoms with Gasteiger partial charge in [-0.3, -0.25) is 10.1 Å². The number of hydrogen-bond donors (Lipinski definition) is 0. The molecule has 0 unspecified atom stereocenters. The van der Waals surface area contributed by atoms with E-state index in [-0.39, 0.29) is 5.69 Å². The molecule has 0 atom stereocenters. The summed E-state index contributed by atoms with van der Waals surface area (Å²) in [5.74, 6) is 1.39. The SMILES string of the molecule is COc1ccc([N+](=O)[O-])cc1-c1ccc(/C=N\n2cnnc2)o1. The fraction of sp³-hybridized carbons (Fsp3) is 0.0714. The van der Waals surface area contributed by atoms with Gasteiger partial charge < -0.3 is 9.15 Å². The van der Waals surface area contributed by atoms with E-state index in [1.807, 2.05) is 0 Å². The van der Waals surface area contributed by atoms with Gasteiger partial charge in [0.25, 0.3) is 5.69 Å². The van der Waals surface area contributed by atoms with Crippen LogP contribution in [-0.4, -0.2) is 33.1 Å². The fourth-order valence-electron chi connectivity index (χ4n) is 1.95. The van der Waals surface area contributed by atoms with Crippen molar-refractivity contribution in [1.82, 2.24) is 14.9 Å². The van der Waals surface area contributed by atoms with Crippen molar-refractivity contribution in [2.75, 3.05) is 7.11 Å². The Balaban J connectivity index is 1.93. The van der Waals surface area contributed by atoms with Crippen LogP contribution in [0, 0.1) is 10.1 Å². The van der Waals surface area contributed by atoms with Crippen molar-refractivity contribution >= 4 is 11.9 Å². The van der Waals surface area contributed by atoms with E-state index in [0.29, 0.717) is 22.8 Å². The van der Waals surface area contributed by atoms with Crippen molar-refractivity contribution < 1.29 is 14.1 Å². The Hall–Kier alpha value is -3.49. The molecule has 0 aliphatic carbocycles. The monoisotopic (exact) mass is 313 g/mol. The molecule has 0 radical (unpaired) electrons. The molecule has 116 valence electrons. The highest BCUT2D eigenvalue weighted by molar-refractivity contribution is 5.78. The smallest absolute Gasteiger partial charge is 0.270 e. The third-order valence-electron chi connectivity index (χ3n) is 3.01. The van der Waals surface area contributed by atoms with E-state index in [1.54, 1.807) is 12.1 Å². The summed E-state index contributed by atoms with van der Waals surface area (Å²) in [6, 6.07) is 7.69. The summed E-state index contributed by atoms with van der Waals surface area (Å²) in [5.41, 5.74) is 0.447. The molecule has 2 aromatic heterocycles. The third kappa shape index (κ3) is 3.07. The Kier molecular flexibility index (Phi) is 3.83. The minimum atomic E-state index is -0.472. The van der Waals surface area contributed by atoms with Gasteiger partial charge in [0, 0.05) is 12.1 Å². The van der Waals surface area contributed by atoms with Crippen LogP contribution in [0.2, 0.25) is 0 Å². The summed E-state index contributed by atoms with van der Waals surface area (Å²) in [4.78, 5) is 10.4. The lowest BCUT2D eigenvalue weighted by Crippen LogP contribution is -1.91. The Bertz CT molecular complexity index is 854. The fourth-order valence-corrected chi connectivity index (χ4v) is 1.95. The average Bonchev–Trinajstić information content (AvgIpc) is 3.23. The van der Waals surface area contributed by atoms with Gasteiger partial charge in [0.05, 0.1) is 23.8 Å². The highest BCUT2D eigenvalue weighted by atomic mass is 16.6. The topological polar surface area (TPSA) is 109 Å². The van der Waals surface area contributed by atoms with Gasteiger partial charge in [0.2, 0.25) is 0 Å². The number of furan rings is 1. The number of methoxy groups -OCH3 is 1. The highest BCUT2D eigenvalue weighted by Gasteiger charge is 2.15. The second kappa shape index (κ2) is 6.10. The van der Waals surface area contributed by atoms with Crippen LogP contribution in [0.1, 0.15) is 5.76 Å². The minimum Gasteiger partial charge on any atom is -0.496 e. The summed E-state index contributed by atoms with van der Waals surface area (Å²) in [6.07, 6.45) is 4.35. The van der Waals surface area contributed by atoms with Crippen LogP contribution in [0.3, 0.4) is 0 Å². The molecule has 9 heteroatoms. The highest BCUT2D eigenvalue weighted by Crippen LogP contribution is 2.34. The van der Waals surface area contributed by atoms with Crippen LogP contribution in [-0.2, 0) is 0 Å². The number of non-ortho nitro benzene ring substituents is 1. The number of nitrogens with zero attached hydrogens (tertiary/aromatic N) is 5. The Morgan fingerprint density at radius 3 is 2.78 bits per heavy atom. The summed E-state index contributed by atoms with van der Waals surface area (Å²) in [5, 5.41) is 22.2. The van der Waals surface area contributed by atoms with E-state index in [4.69, 9.17) is 9.15 Å². The zero-order chi connectivity index (χ0) is 16.2. The van der Waals surface area contributed by atoms with Gasteiger partial charge in [-0.2, -0.15) is 5.10 Å². The second-order valence-electron chi connectivity index (χ2n) is 4.43. The Morgan fingerprint density at radius 2 is 2.09 bits per heavy atom. The first kappa shape index (κ1) is 14.4. The predicted octanol–water partition coefficient (Wildman–Crippen LogP) is 2.34. The first-order valence-electron chi connectivity index (χ1n) is 6.49. The molecule has 0 aliphatic heterocycles. The maximum atomic E-state index is 10.9. The average molecular weight is 313 g/mol. The molecular formula is C14H11N5O4. The van der Waals surface area contributed by atoms with Crippen molar-refractivity contribution in [3.8, 4) is 17.1 Å². The molecular weight excluding hydrogens is 302 g/mol. The molecule has 3 aromatic rings. The molecule has 1 aromatic carbocycles. The maximum Gasteiger partial charge on any atom is 0.270 e. The lowest BCUT2D eigenvalue weighted by atomic mass is 10.1. The standard InChI is InChI=1S/C14H11N5O4/c1-22-13-4-2-10(19(20)21)6-12(13)14-5-3-11(23-14)7-17-18-8-15-16-9-18/h2-9H,1H3/b17-7-. The maximum absolute atomic E-state index is 10.9. The molecule has 9 nitrogen and oxygen atoms in total. The lowest BCUT2D eigenvalue weighted by Gasteiger charge is -2.05. The normalized spacial score (nSPS) is 11.0. The molecule has 23 heavy (non-hydrogen) atoms. The van der Waals surface area contributed by atoms with Crippen molar-refractivity contribution in [2.45, 2.75) is 0 Å². The van der Waals surface area contributed by atoms with Crippen molar-refractivity contribution in [3.05, 3.63) is 58.9 Å². The zero-order valence-corrected chi connectivity index (χ0v) is 12.0. The molecule has 0 N–H and O–H groups in total. The molecule has 3 rings (SSSR count). The number of rotatable bonds is 5. The zero-order valence-electron chi connectivity index (χ0n) is 12.0. The molecule has 0 amide bonds. The van der Waals surface area contributed by atoms with Crippen LogP contribution in [0.5, 0.6) is 5.75 Å². The first-order chi connectivity index (χ1) is 11.2. The molecule has 2 heterocycles. The van der Waals surface area contributed by atoms with Gasteiger partial charge in [0.1, 0.15) is 29.9 Å². The van der Waals surface area contributed by atoms with Crippen LogP contribution in [0.4, 0.5) is 5.69 Å². The van der Waals surface area contributed by atoms with E-state index < -0.39 is 4.92 Å². The van der Waals surface area contributed by atoms with E-state index >= 15 is 0 Å². The largest absolute Gasteiger partial charge is 0.496 e. The van der Waals surface area contributed by atoms with Crippen molar-refractivity contribution in [1.29, 1.82) is 0 Å². The van der Waals surface area contributed by atoms with E-state index in [9.17, 15) is 10.1 Å². The van der Waals surface area contributed by atoms with Gasteiger partial charge in [0.15, 0.2) is 0 Å². The number of nitro groups is 1. The summed E-state index contributed by atoms with van der Waals surface area (Å²) in [7, 11) is 1.49. The summed E-state index contributed by atoms with van der Waals surface area (Å²) < 4.78 is 12.3. The van der Waals surface area contributed by atoms with Crippen LogP contribution in [0.25, 0.3) is 11.3 Å².